The number of rotatable bonds is 9. The quantitative estimate of drug-likeness (QED) is 0.452. The van der Waals surface area contributed by atoms with Crippen molar-refractivity contribution >= 4 is 57.6 Å². The molecule has 0 fully saturated rings. The van der Waals surface area contributed by atoms with Crippen molar-refractivity contribution in [3.8, 4) is 5.75 Å². The highest BCUT2D eigenvalue weighted by Crippen LogP contribution is 2.24. The number of halogens is 3. The normalized spacial score (nSPS) is 11.6. The predicted molar refractivity (Wildman–Crippen MR) is 124 cm³/mol. The number of amides is 2. The summed E-state index contributed by atoms with van der Waals surface area (Å²) in [5.74, 6) is 0.0830. The van der Waals surface area contributed by atoms with Crippen LogP contribution in [0.1, 0.15) is 25.8 Å². The molecule has 0 aliphatic rings. The van der Waals surface area contributed by atoms with Gasteiger partial charge in [0.25, 0.3) is 5.91 Å². The molecule has 2 aromatic carbocycles. The molecule has 2 rings (SSSR count). The van der Waals surface area contributed by atoms with Gasteiger partial charge in [0, 0.05) is 16.7 Å². The molecule has 0 saturated heterocycles. The third-order valence-electron chi connectivity index (χ3n) is 4.23. The Hall–Kier alpha value is -1.51. The third-order valence-corrected chi connectivity index (χ3v) is 5.69. The first kappa shape index (κ1) is 23.8. The summed E-state index contributed by atoms with van der Waals surface area (Å²) < 4.78 is 6.69. The number of ether oxygens (including phenoxy) is 1. The summed E-state index contributed by atoms with van der Waals surface area (Å²) in [5, 5.41) is 3.66. The van der Waals surface area contributed by atoms with Crippen LogP contribution in [0, 0.1) is 3.57 Å². The second-order valence-electron chi connectivity index (χ2n) is 6.48. The van der Waals surface area contributed by atoms with Gasteiger partial charge in [0.2, 0.25) is 5.91 Å². The molecule has 0 aliphatic carbocycles. The number of carbonyl (C=O) groups excluding carboxylic acids is 2. The molecule has 0 unspecified atom stereocenters. The van der Waals surface area contributed by atoms with Crippen LogP contribution in [0.25, 0.3) is 0 Å². The summed E-state index contributed by atoms with van der Waals surface area (Å²) in [6.45, 7) is 4.26. The zero-order chi connectivity index (χ0) is 21.4. The third kappa shape index (κ3) is 7.35. The van der Waals surface area contributed by atoms with Crippen molar-refractivity contribution in [2.75, 3.05) is 13.2 Å². The molecule has 2 aromatic rings. The van der Waals surface area contributed by atoms with E-state index in [1.54, 1.807) is 37.3 Å². The van der Waals surface area contributed by atoms with Gasteiger partial charge in [-0.3, -0.25) is 9.59 Å². The number of benzene rings is 2. The van der Waals surface area contributed by atoms with E-state index in [1.807, 2.05) is 19.1 Å². The Balaban J connectivity index is 2.15. The van der Waals surface area contributed by atoms with E-state index in [-0.39, 0.29) is 25.0 Å². The van der Waals surface area contributed by atoms with Crippen molar-refractivity contribution in [1.29, 1.82) is 0 Å². The van der Waals surface area contributed by atoms with E-state index < -0.39 is 6.04 Å². The lowest BCUT2D eigenvalue weighted by atomic mass is 10.1. The second kappa shape index (κ2) is 11.6. The molecule has 0 aliphatic heterocycles. The number of carbonyl (C=O) groups is 2. The van der Waals surface area contributed by atoms with Crippen molar-refractivity contribution in [2.24, 2.45) is 0 Å². The summed E-state index contributed by atoms with van der Waals surface area (Å²) in [5.41, 5.74) is 0.775. The lowest BCUT2D eigenvalue weighted by Crippen LogP contribution is -2.49. The lowest BCUT2D eigenvalue weighted by molar-refractivity contribution is -0.142. The van der Waals surface area contributed by atoms with E-state index in [9.17, 15) is 9.59 Å². The summed E-state index contributed by atoms with van der Waals surface area (Å²) in [6, 6.07) is 11.9. The second-order valence-corrected chi connectivity index (χ2v) is 8.54. The topological polar surface area (TPSA) is 58.6 Å². The van der Waals surface area contributed by atoms with Gasteiger partial charge in [0.15, 0.2) is 6.61 Å². The molecule has 8 heteroatoms. The van der Waals surface area contributed by atoms with Gasteiger partial charge in [-0.1, -0.05) is 36.2 Å². The smallest absolute Gasteiger partial charge is 0.261 e. The van der Waals surface area contributed by atoms with Crippen molar-refractivity contribution in [2.45, 2.75) is 32.9 Å². The molecule has 0 aromatic heterocycles. The Morgan fingerprint density at radius 2 is 1.83 bits per heavy atom. The molecule has 156 valence electrons. The van der Waals surface area contributed by atoms with Gasteiger partial charge < -0.3 is 15.0 Å². The predicted octanol–water partition coefficient (Wildman–Crippen LogP) is 4.92. The average Bonchev–Trinajstić information content (AvgIpc) is 2.71. The number of hydrogen-bond donors (Lipinski definition) is 1. The molecule has 0 bridgehead atoms. The molecule has 0 saturated carbocycles. The SMILES string of the molecule is CCCNC(=O)[C@@H](C)N(Cc1ccc(Cl)c(Cl)c1)C(=O)COc1ccc(I)cc1. The van der Waals surface area contributed by atoms with E-state index >= 15 is 0 Å². The number of hydrogen-bond acceptors (Lipinski definition) is 3. The highest BCUT2D eigenvalue weighted by atomic mass is 127. The van der Waals surface area contributed by atoms with Gasteiger partial charge in [-0.15, -0.1) is 0 Å². The van der Waals surface area contributed by atoms with Crippen LogP contribution in [-0.2, 0) is 16.1 Å². The van der Waals surface area contributed by atoms with Crippen LogP contribution in [0.4, 0.5) is 0 Å². The van der Waals surface area contributed by atoms with Gasteiger partial charge in [-0.05, 0) is 77.9 Å². The minimum atomic E-state index is -0.663. The van der Waals surface area contributed by atoms with Crippen LogP contribution < -0.4 is 10.1 Å². The van der Waals surface area contributed by atoms with Crippen molar-refractivity contribution < 1.29 is 14.3 Å². The molecule has 29 heavy (non-hydrogen) atoms. The van der Waals surface area contributed by atoms with Gasteiger partial charge in [0.05, 0.1) is 10.0 Å². The summed E-state index contributed by atoms with van der Waals surface area (Å²) >= 11 is 14.3. The first-order valence-electron chi connectivity index (χ1n) is 9.21. The van der Waals surface area contributed by atoms with Crippen molar-refractivity contribution in [3.05, 3.63) is 61.6 Å². The van der Waals surface area contributed by atoms with Crippen LogP contribution in [0.3, 0.4) is 0 Å². The Bertz CT molecular complexity index is 846. The van der Waals surface area contributed by atoms with Gasteiger partial charge in [-0.25, -0.2) is 0 Å². The number of nitrogens with one attached hydrogen (secondary N) is 1. The van der Waals surface area contributed by atoms with Crippen LogP contribution in [0.15, 0.2) is 42.5 Å². The van der Waals surface area contributed by atoms with Crippen LogP contribution in [0.2, 0.25) is 10.0 Å². The standard InChI is InChI=1S/C21H23Cl2IN2O3/c1-3-10-25-21(28)14(2)26(12-15-4-9-18(22)19(23)11-15)20(27)13-29-17-7-5-16(24)6-8-17/h4-9,11,14H,3,10,12-13H2,1-2H3,(H,25,28)/t14-/m1/s1. The van der Waals surface area contributed by atoms with E-state index in [1.165, 1.54) is 4.90 Å². The average molecular weight is 549 g/mol. The molecule has 0 spiro atoms. The van der Waals surface area contributed by atoms with E-state index in [4.69, 9.17) is 27.9 Å². The molecular formula is C21H23Cl2IN2O3. The monoisotopic (exact) mass is 548 g/mol. The van der Waals surface area contributed by atoms with Gasteiger partial charge in [0.1, 0.15) is 11.8 Å². The highest BCUT2D eigenvalue weighted by molar-refractivity contribution is 14.1. The molecular weight excluding hydrogens is 526 g/mol. The van der Waals surface area contributed by atoms with Crippen LogP contribution in [0.5, 0.6) is 5.75 Å². The van der Waals surface area contributed by atoms with E-state index in [2.05, 4.69) is 27.9 Å². The highest BCUT2D eigenvalue weighted by Gasteiger charge is 2.26. The summed E-state index contributed by atoms with van der Waals surface area (Å²) in [6.07, 6.45) is 0.815. The fourth-order valence-corrected chi connectivity index (χ4v) is 3.25. The molecule has 2 amide bonds. The van der Waals surface area contributed by atoms with Crippen molar-refractivity contribution in [3.63, 3.8) is 0 Å². The van der Waals surface area contributed by atoms with Gasteiger partial charge in [-0.2, -0.15) is 0 Å². The first-order chi connectivity index (χ1) is 13.8. The maximum Gasteiger partial charge on any atom is 0.261 e. The minimum Gasteiger partial charge on any atom is -0.484 e. The Labute approximate surface area is 194 Å². The fourth-order valence-electron chi connectivity index (χ4n) is 2.57. The zero-order valence-corrected chi connectivity index (χ0v) is 19.9. The maximum atomic E-state index is 12.9. The molecule has 5 nitrogen and oxygen atoms in total. The molecule has 1 atom stereocenters. The Morgan fingerprint density at radius 1 is 1.14 bits per heavy atom. The maximum absolute atomic E-state index is 12.9. The Morgan fingerprint density at radius 3 is 2.45 bits per heavy atom. The largest absolute Gasteiger partial charge is 0.484 e. The zero-order valence-electron chi connectivity index (χ0n) is 16.3. The van der Waals surface area contributed by atoms with Crippen LogP contribution in [-0.4, -0.2) is 35.9 Å². The number of nitrogens with zero attached hydrogens (tertiary/aromatic N) is 1. The lowest BCUT2D eigenvalue weighted by Gasteiger charge is -2.28. The fraction of sp³-hybridized carbons (Fsp3) is 0.333. The van der Waals surface area contributed by atoms with E-state index in [0.717, 1.165) is 15.6 Å². The molecule has 1 N–H and O–H groups in total. The summed E-state index contributed by atoms with van der Waals surface area (Å²) in [7, 11) is 0. The minimum absolute atomic E-state index is 0.173. The van der Waals surface area contributed by atoms with Gasteiger partial charge >= 0.3 is 0 Å². The Kier molecular flexibility index (Phi) is 9.52. The first-order valence-corrected chi connectivity index (χ1v) is 11.0. The molecule has 0 heterocycles. The van der Waals surface area contributed by atoms with Crippen LogP contribution >= 0.6 is 45.8 Å². The molecule has 0 radical (unpaired) electrons. The van der Waals surface area contributed by atoms with Crippen molar-refractivity contribution in [1.82, 2.24) is 10.2 Å². The summed E-state index contributed by atoms with van der Waals surface area (Å²) in [4.78, 5) is 26.9. The van der Waals surface area contributed by atoms with E-state index in [0.29, 0.717) is 22.3 Å².